The van der Waals surface area contributed by atoms with Gasteiger partial charge in [0.2, 0.25) is 0 Å². The summed E-state index contributed by atoms with van der Waals surface area (Å²) in [5, 5.41) is 3.31. The molecule has 3 rings (SSSR count). The Kier molecular flexibility index (Phi) is 4.01. The molecule has 1 N–H and O–H groups in total. The maximum Gasteiger partial charge on any atom is 0.193 e. The fraction of sp³-hybridized carbons (Fsp3) is 0.0500. The van der Waals surface area contributed by atoms with Gasteiger partial charge in [0.25, 0.3) is 0 Å². The summed E-state index contributed by atoms with van der Waals surface area (Å²) in [7, 11) is 0. The molecular formula is C20H17NO. The first-order valence-electron chi connectivity index (χ1n) is 7.26. The molecule has 0 bridgehead atoms. The van der Waals surface area contributed by atoms with Crippen molar-refractivity contribution in [2.24, 2.45) is 0 Å². The molecule has 0 unspecified atom stereocenters. The average molecular weight is 287 g/mol. The van der Waals surface area contributed by atoms with E-state index in [1.807, 2.05) is 85.8 Å². The molecule has 0 heterocycles. The largest absolute Gasteiger partial charge is 0.356 e. The first kappa shape index (κ1) is 14.1. The molecule has 0 atom stereocenters. The van der Waals surface area contributed by atoms with E-state index < -0.39 is 0 Å². The number of rotatable bonds is 4. The Morgan fingerprint density at radius 2 is 1.18 bits per heavy atom. The number of hydrogen-bond donors (Lipinski definition) is 1. The van der Waals surface area contributed by atoms with Gasteiger partial charge >= 0.3 is 0 Å². The second-order valence-electron chi connectivity index (χ2n) is 5.26. The molecule has 0 spiro atoms. The van der Waals surface area contributed by atoms with E-state index in [2.05, 4.69) is 5.32 Å². The number of nitrogens with one attached hydrogen (secondary N) is 1. The molecular weight excluding hydrogens is 270 g/mol. The summed E-state index contributed by atoms with van der Waals surface area (Å²) in [4.78, 5) is 12.4. The molecule has 0 aliphatic heterocycles. The molecule has 2 nitrogen and oxygen atoms in total. The Balaban J connectivity index is 1.76. The molecule has 0 aliphatic carbocycles. The lowest BCUT2D eigenvalue weighted by molar-refractivity contribution is 0.103. The number of ketones is 1. The molecule has 0 amide bonds. The molecule has 2 heteroatoms. The van der Waals surface area contributed by atoms with Crippen molar-refractivity contribution in [1.82, 2.24) is 0 Å². The maximum atomic E-state index is 12.4. The van der Waals surface area contributed by atoms with Crippen LogP contribution in [0, 0.1) is 6.92 Å². The summed E-state index contributed by atoms with van der Waals surface area (Å²) in [6, 6.07) is 25.2. The highest BCUT2D eigenvalue weighted by atomic mass is 16.1. The zero-order valence-electron chi connectivity index (χ0n) is 12.4. The van der Waals surface area contributed by atoms with E-state index in [1.54, 1.807) is 0 Å². The van der Waals surface area contributed by atoms with Crippen molar-refractivity contribution in [2.45, 2.75) is 6.92 Å². The fourth-order valence-corrected chi connectivity index (χ4v) is 2.26. The van der Waals surface area contributed by atoms with Crippen LogP contribution in [0.3, 0.4) is 0 Å². The van der Waals surface area contributed by atoms with E-state index >= 15 is 0 Å². The zero-order chi connectivity index (χ0) is 15.4. The van der Waals surface area contributed by atoms with Crippen LogP contribution in [0.15, 0.2) is 78.9 Å². The fourth-order valence-electron chi connectivity index (χ4n) is 2.26. The molecule has 0 saturated heterocycles. The summed E-state index contributed by atoms with van der Waals surface area (Å²) < 4.78 is 0. The number of aryl methyl sites for hydroxylation is 1. The second kappa shape index (κ2) is 6.27. The van der Waals surface area contributed by atoms with Crippen LogP contribution in [-0.4, -0.2) is 5.78 Å². The Morgan fingerprint density at radius 1 is 0.682 bits per heavy atom. The Bertz CT molecular complexity index is 759. The van der Waals surface area contributed by atoms with Crippen molar-refractivity contribution in [1.29, 1.82) is 0 Å². The first-order chi connectivity index (χ1) is 10.7. The van der Waals surface area contributed by atoms with E-state index in [4.69, 9.17) is 0 Å². The number of anilines is 2. The summed E-state index contributed by atoms with van der Waals surface area (Å²) in [5.41, 5.74) is 4.56. The van der Waals surface area contributed by atoms with Crippen molar-refractivity contribution in [3.05, 3.63) is 95.6 Å². The lowest BCUT2D eigenvalue weighted by Gasteiger charge is -2.07. The molecule has 0 radical (unpaired) electrons. The van der Waals surface area contributed by atoms with Crippen molar-refractivity contribution in [2.75, 3.05) is 5.32 Å². The molecule has 0 aliphatic rings. The molecule has 3 aromatic carbocycles. The van der Waals surface area contributed by atoms with Gasteiger partial charge in [0, 0.05) is 22.5 Å². The molecule has 0 aromatic heterocycles. The van der Waals surface area contributed by atoms with Gasteiger partial charge in [-0.2, -0.15) is 0 Å². The maximum absolute atomic E-state index is 12.4. The van der Waals surface area contributed by atoms with Crippen LogP contribution >= 0.6 is 0 Å². The van der Waals surface area contributed by atoms with Crippen LogP contribution in [0.4, 0.5) is 11.4 Å². The second-order valence-corrected chi connectivity index (χ2v) is 5.26. The van der Waals surface area contributed by atoms with Gasteiger partial charge in [-0.3, -0.25) is 4.79 Å². The minimum absolute atomic E-state index is 0.0475. The van der Waals surface area contributed by atoms with E-state index in [-0.39, 0.29) is 5.78 Å². The lowest BCUT2D eigenvalue weighted by Crippen LogP contribution is -2.01. The number of carbonyl (C=O) groups is 1. The Hall–Kier alpha value is -2.87. The highest BCUT2D eigenvalue weighted by Gasteiger charge is 2.08. The molecule has 108 valence electrons. The van der Waals surface area contributed by atoms with Gasteiger partial charge < -0.3 is 5.32 Å². The van der Waals surface area contributed by atoms with Crippen molar-refractivity contribution < 1.29 is 4.79 Å². The monoisotopic (exact) mass is 287 g/mol. The minimum Gasteiger partial charge on any atom is -0.356 e. The topological polar surface area (TPSA) is 29.1 Å². The number of benzene rings is 3. The predicted molar refractivity (Wildman–Crippen MR) is 90.8 cm³/mol. The highest BCUT2D eigenvalue weighted by molar-refractivity contribution is 6.09. The number of carbonyl (C=O) groups excluding carboxylic acids is 1. The van der Waals surface area contributed by atoms with Gasteiger partial charge in [-0.25, -0.2) is 0 Å². The van der Waals surface area contributed by atoms with Gasteiger partial charge in [0.15, 0.2) is 5.78 Å². The standard InChI is InChI=1S/C20H17NO/c1-15-7-9-16(10-8-15)20(22)17-11-13-19(14-12-17)21-18-5-3-2-4-6-18/h2-14,21H,1H3. The van der Waals surface area contributed by atoms with Crippen molar-refractivity contribution in [3.8, 4) is 0 Å². The summed E-state index contributed by atoms with van der Waals surface area (Å²) in [6.07, 6.45) is 0. The van der Waals surface area contributed by atoms with Crippen molar-refractivity contribution in [3.63, 3.8) is 0 Å². The quantitative estimate of drug-likeness (QED) is 0.686. The first-order valence-corrected chi connectivity index (χ1v) is 7.26. The van der Waals surface area contributed by atoms with Gasteiger partial charge in [0.05, 0.1) is 0 Å². The van der Waals surface area contributed by atoms with Gasteiger partial charge in [-0.05, 0) is 43.3 Å². The third kappa shape index (κ3) is 3.23. The van der Waals surface area contributed by atoms with Crippen LogP contribution in [-0.2, 0) is 0 Å². The summed E-state index contributed by atoms with van der Waals surface area (Å²) >= 11 is 0. The van der Waals surface area contributed by atoms with E-state index in [0.717, 1.165) is 22.5 Å². The Labute approximate surface area is 130 Å². The lowest BCUT2D eigenvalue weighted by atomic mass is 10.0. The SMILES string of the molecule is Cc1ccc(C(=O)c2ccc(Nc3ccccc3)cc2)cc1. The van der Waals surface area contributed by atoms with Crippen LogP contribution in [0.25, 0.3) is 0 Å². The molecule has 0 saturated carbocycles. The predicted octanol–water partition coefficient (Wildman–Crippen LogP) is 4.97. The van der Waals surface area contributed by atoms with E-state index in [1.165, 1.54) is 0 Å². The van der Waals surface area contributed by atoms with Crippen molar-refractivity contribution >= 4 is 17.2 Å². The van der Waals surface area contributed by atoms with Gasteiger partial charge in [-0.15, -0.1) is 0 Å². The van der Waals surface area contributed by atoms with E-state index in [9.17, 15) is 4.79 Å². The minimum atomic E-state index is 0.0475. The molecule has 0 fully saturated rings. The van der Waals surface area contributed by atoms with Gasteiger partial charge in [0.1, 0.15) is 0 Å². The number of para-hydroxylation sites is 1. The number of hydrogen-bond acceptors (Lipinski definition) is 2. The Morgan fingerprint density at radius 3 is 1.77 bits per heavy atom. The van der Waals surface area contributed by atoms with Crippen LogP contribution < -0.4 is 5.32 Å². The zero-order valence-corrected chi connectivity index (χ0v) is 12.4. The third-order valence-corrected chi connectivity index (χ3v) is 3.52. The van der Waals surface area contributed by atoms with Gasteiger partial charge in [-0.1, -0.05) is 48.0 Å². The van der Waals surface area contributed by atoms with Crippen LogP contribution in [0.1, 0.15) is 21.5 Å². The smallest absolute Gasteiger partial charge is 0.193 e. The third-order valence-electron chi connectivity index (χ3n) is 3.52. The highest BCUT2D eigenvalue weighted by Crippen LogP contribution is 2.18. The average Bonchev–Trinajstić information content (AvgIpc) is 2.57. The molecule has 3 aromatic rings. The summed E-state index contributed by atoms with van der Waals surface area (Å²) in [6.45, 7) is 2.01. The van der Waals surface area contributed by atoms with Crippen LogP contribution in [0.2, 0.25) is 0 Å². The normalized spacial score (nSPS) is 10.2. The van der Waals surface area contributed by atoms with E-state index in [0.29, 0.717) is 5.56 Å². The van der Waals surface area contributed by atoms with Crippen LogP contribution in [0.5, 0.6) is 0 Å². The molecule has 22 heavy (non-hydrogen) atoms. The summed E-state index contributed by atoms with van der Waals surface area (Å²) in [5.74, 6) is 0.0475.